The van der Waals surface area contributed by atoms with Crippen molar-refractivity contribution in [2.24, 2.45) is 0 Å². The topological polar surface area (TPSA) is 89.1 Å². The summed E-state index contributed by atoms with van der Waals surface area (Å²) in [6.45, 7) is 4.50. The Labute approximate surface area is 246 Å². The Balaban J connectivity index is 1.63. The molecule has 0 spiro atoms. The molecule has 2 atom stereocenters. The molecule has 2 amide bonds. The molecular weight excluding hydrogens is 542 g/mol. The molecule has 8 nitrogen and oxygen atoms in total. The standard InChI is InChI=1S/C32H38ClN3O5/c1-4-22-7-5-8-25(19-22)29-26(9-6-10-27(29)33)30(41-17-15-35-32(38)39-3)28-21-36(16-18-40-28)31(37)24-13-11-23(12-14-24)20-34-2/h5-14,19,28,30,34H,4,15-18,20-21H2,1-3H3,(H,35,38). The number of halogens is 1. The highest BCUT2D eigenvalue weighted by Crippen LogP contribution is 2.39. The zero-order chi connectivity index (χ0) is 29.2. The van der Waals surface area contributed by atoms with Gasteiger partial charge in [-0.15, -0.1) is 0 Å². The maximum Gasteiger partial charge on any atom is 0.406 e. The Morgan fingerprint density at radius 2 is 1.88 bits per heavy atom. The minimum Gasteiger partial charge on any atom is -0.453 e. The van der Waals surface area contributed by atoms with E-state index in [1.54, 1.807) is 0 Å². The molecule has 4 rings (SSSR count). The maximum atomic E-state index is 13.5. The maximum absolute atomic E-state index is 13.5. The van der Waals surface area contributed by atoms with Crippen molar-refractivity contribution in [3.63, 3.8) is 0 Å². The average molecular weight is 580 g/mol. The Kier molecular flexibility index (Phi) is 11.2. The Morgan fingerprint density at radius 3 is 2.61 bits per heavy atom. The van der Waals surface area contributed by atoms with Crippen molar-refractivity contribution in [2.45, 2.75) is 32.1 Å². The lowest BCUT2D eigenvalue weighted by Gasteiger charge is -2.38. The number of benzene rings is 3. The second kappa shape index (κ2) is 15.0. The zero-order valence-corrected chi connectivity index (χ0v) is 24.6. The molecule has 3 aromatic rings. The molecule has 218 valence electrons. The number of carbonyl (C=O) groups excluding carboxylic acids is 2. The molecule has 2 unspecified atom stereocenters. The number of alkyl carbamates (subject to hydrolysis) is 1. The quantitative estimate of drug-likeness (QED) is 0.302. The van der Waals surface area contributed by atoms with Crippen molar-refractivity contribution in [3.05, 3.63) is 94.0 Å². The number of nitrogens with one attached hydrogen (secondary N) is 2. The molecule has 0 radical (unpaired) electrons. The van der Waals surface area contributed by atoms with Gasteiger partial charge in [0.1, 0.15) is 12.2 Å². The van der Waals surface area contributed by atoms with Crippen molar-refractivity contribution < 1.29 is 23.8 Å². The first-order valence-corrected chi connectivity index (χ1v) is 14.3. The minimum absolute atomic E-state index is 0.0534. The van der Waals surface area contributed by atoms with Gasteiger partial charge in [-0.3, -0.25) is 4.79 Å². The number of hydrogen-bond donors (Lipinski definition) is 2. The molecule has 2 N–H and O–H groups in total. The van der Waals surface area contributed by atoms with Gasteiger partial charge in [0.25, 0.3) is 5.91 Å². The highest BCUT2D eigenvalue weighted by Gasteiger charge is 2.34. The van der Waals surface area contributed by atoms with Crippen LogP contribution in [0.2, 0.25) is 5.02 Å². The largest absolute Gasteiger partial charge is 0.453 e. The number of rotatable bonds is 11. The van der Waals surface area contributed by atoms with Crippen molar-refractivity contribution in [2.75, 3.05) is 47.0 Å². The fourth-order valence-corrected chi connectivity index (χ4v) is 5.32. The first-order valence-electron chi connectivity index (χ1n) is 13.9. The van der Waals surface area contributed by atoms with Gasteiger partial charge in [-0.25, -0.2) is 4.79 Å². The van der Waals surface area contributed by atoms with Gasteiger partial charge < -0.3 is 29.7 Å². The van der Waals surface area contributed by atoms with Crippen molar-refractivity contribution >= 4 is 23.6 Å². The van der Waals surface area contributed by atoms with E-state index in [1.165, 1.54) is 12.7 Å². The predicted octanol–water partition coefficient (Wildman–Crippen LogP) is 5.24. The summed E-state index contributed by atoms with van der Waals surface area (Å²) in [4.78, 5) is 26.9. The van der Waals surface area contributed by atoms with Gasteiger partial charge in [0.2, 0.25) is 0 Å². The summed E-state index contributed by atoms with van der Waals surface area (Å²) < 4.78 is 17.3. The monoisotopic (exact) mass is 579 g/mol. The van der Waals surface area contributed by atoms with Crippen molar-refractivity contribution in [1.82, 2.24) is 15.5 Å². The van der Waals surface area contributed by atoms with Crippen LogP contribution in [0, 0.1) is 0 Å². The molecular formula is C32H38ClN3O5. The summed E-state index contributed by atoms with van der Waals surface area (Å²) in [5.41, 5.74) is 5.64. The number of morpholine rings is 1. The fourth-order valence-electron chi connectivity index (χ4n) is 5.03. The van der Waals surface area contributed by atoms with Crippen molar-refractivity contribution in [1.29, 1.82) is 0 Å². The second-order valence-electron chi connectivity index (χ2n) is 9.86. The first kappa shape index (κ1) is 30.5. The highest BCUT2D eigenvalue weighted by molar-refractivity contribution is 6.33. The smallest absolute Gasteiger partial charge is 0.406 e. The summed E-state index contributed by atoms with van der Waals surface area (Å²) >= 11 is 6.82. The lowest BCUT2D eigenvalue weighted by atomic mass is 9.92. The number of methoxy groups -OCH3 is 1. The van der Waals surface area contributed by atoms with Crippen LogP contribution < -0.4 is 10.6 Å². The van der Waals surface area contributed by atoms with Crippen LogP contribution in [0.15, 0.2) is 66.7 Å². The highest BCUT2D eigenvalue weighted by atomic mass is 35.5. The van der Waals surface area contributed by atoms with Gasteiger partial charge in [0, 0.05) is 35.8 Å². The Morgan fingerprint density at radius 1 is 1.10 bits per heavy atom. The number of hydrogen-bond acceptors (Lipinski definition) is 6. The van der Waals surface area contributed by atoms with E-state index >= 15 is 0 Å². The van der Waals surface area contributed by atoms with E-state index in [9.17, 15) is 9.59 Å². The number of amides is 2. The Bertz CT molecular complexity index is 1320. The molecule has 1 aliphatic heterocycles. The molecule has 1 heterocycles. The number of ether oxygens (including phenoxy) is 3. The van der Waals surface area contributed by atoms with E-state index in [0.717, 1.165) is 35.2 Å². The molecule has 0 aromatic heterocycles. The van der Waals surface area contributed by atoms with Crippen LogP contribution in [0.1, 0.15) is 40.1 Å². The van der Waals surface area contributed by atoms with Crippen molar-refractivity contribution in [3.8, 4) is 11.1 Å². The molecule has 0 bridgehead atoms. The summed E-state index contributed by atoms with van der Waals surface area (Å²) in [7, 11) is 3.21. The van der Waals surface area contributed by atoms with Gasteiger partial charge in [0.15, 0.2) is 0 Å². The predicted molar refractivity (Wildman–Crippen MR) is 160 cm³/mol. The first-order chi connectivity index (χ1) is 19.9. The summed E-state index contributed by atoms with van der Waals surface area (Å²) in [5.74, 6) is -0.0534. The van der Waals surface area contributed by atoms with Crippen LogP contribution in [-0.4, -0.2) is 70.0 Å². The molecule has 9 heteroatoms. The van der Waals surface area contributed by atoms with Crippen LogP contribution in [0.4, 0.5) is 4.79 Å². The summed E-state index contributed by atoms with van der Waals surface area (Å²) in [5, 5.41) is 6.38. The lowest BCUT2D eigenvalue weighted by molar-refractivity contribution is -0.106. The summed E-state index contributed by atoms with van der Waals surface area (Å²) in [6.07, 6.45) is -0.648. The molecule has 0 aliphatic carbocycles. The van der Waals surface area contributed by atoms with Gasteiger partial charge in [-0.2, -0.15) is 0 Å². The van der Waals surface area contributed by atoms with E-state index < -0.39 is 18.3 Å². The molecule has 41 heavy (non-hydrogen) atoms. The molecule has 0 saturated carbocycles. The normalized spacial score (nSPS) is 15.8. The van der Waals surface area contributed by atoms with Gasteiger partial charge >= 0.3 is 6.09 Å². The third-order valence-corrected chi connectivity index (χ3v) is 7.45. The minimum atomic E-state index is -0.554. The Hall–Kier alpha value is -3.43. The van der Waals surface area contributed by atoms with Crippen LogP contribution >= 0.6 is 11.6 Å². The third kappa shape index (κ3) is 7.86. The lowest BCUT2D eigenvalue weighted by Crippen LogP contribution is -2.48. The van der Waals surface area contributed by atoms with E-state index in [4.69, 9.17) is 21.1 Å². The van der Waals surface area contributed by atoms with Crippen LogP contribution in [0.5, 0.6) is 0 Å². The zero-order valence-electron chi connectivity index (χ0n) is 23.8. The molecule has 1 fully saturated rings. The second-order valence-corrected chi connectivity index (χ2v) is 10.3. The SMILES string of the molecule is CCc1cccc(-c2c(Cl)cccc2C(OCCNC(=O)OC)C2CN(C(=O)c3ccc(CNC)cc3)CCO2)c1. The van der Waals surface area contributed by atoms with Crippen LogP contribution in [0.25, 0.3) is 11.1 Å². The van der Waals surface area contributed by atoms with Crippen LogP contribution in [-0.2, 0) is 27.2 Å². The number of nitrogens with zero attached hydrogens (tertiary/aromatic N) is 1. The van der Waals surface area contributed by atoms with Gasteiger partial charge in [-0.1, -0.05) is 67.1 Å². The molecule has 1 aliphatic rings. The van der Waals surface area contributed by atoms with Crippen LogP contribution in [0.3, 0.4) is 0 Å². The van der Waals surface area contributed by atoms with Gasteiger partial charge in [-0.05, 0) is 53.9 Å². The molecule has 1 saturated heterocycles. The molecule has 3 aromatic carbocycles. The van der Waals surface area contributed by atoms with E-state index in [1.807, 2.05) is 66.5 Å². The number of aryl methyl sites for hydroxylation is 1. The average Bonchev–Trinajstić information content (AvgIpc) is 3.01. The van der Waals surface area contributed by atoms with E-state index in [-0.39, 0.29) is 19.1 Å². The fraction of sp³-hybridized carbons (Fsp3) is 0.375. The van der Waals surface area contributed by atoms with E-state index in [0.29, 0.717) is 30.3 Å². The van der Waals surface area contributed by atoms with Gasteiger partial charge in [0.05, 0.1) is 26.9 Å². The van der Waals surface area contributed by atoms with E-state index in [2.05, 4.69) is 34.4 Å². The summed E-state index contributed by atoms with van der Waals surface area (Å²) in [6, 6.07) is 21.7. The third-order valence-electron chi connectivity index (χ3n) is 7.13. The number of carbonyl (C=O) groups is 2.